The van der Waals surface area contributed by atoms with Crippen molar-refractivity contribution in [1.82, 2.24) is 0 Å². The Balaban J connectivity index is 2.71. The zero-order chi connectivity index (χ0) is 10.1. The fourth-order valence-electron chi connectivity index (χ4n) is 1.66. The molecule has 62 valence electrons. The monoisotopic (exact) mass is 166 g/mol. The van der Waals surface area contributed by atoms with E-state index in [2.05, 4.69) is 55.0 Å². The first-order chi connectivity index (χ1) is 5.95. The average molecular weight is 165 g/mol. The molecule has 0 N–H and O–H groups in total. The van der Waals surface area contributed by atoms with Gasteiger partial charge in [0, 0.05) is 0 Å². The molecule has 0 radical (unpaired) electrons. The van der Waals surface area contributed by atoms with Crippen LogP contribution in [0.5, 0.6) is 0 Å². The third kappa shape index (κ3) is 2.72. The quantitative estimate of drug-likeness (QED) is 0.423. The Morgan fingerprint density at radius 2 is 2.15 bits per heavy atom. The predicted molar refractivity (Wildman–Crippen MR) is 75.1 cm³/mol. The van der Waals surface area contributed by atoms with Crippen LogP contribution in [0.3, 0.4) is 0 Å². The van der Waals surface area contributed by atoms with Gasteiger partial charge in [-0.05, 0) is 0 Å². The first-order valence-corrected chi connectivity index (χ1v) is 5.35. The Labute approximate surface area is 86.4 Å². The van der Waals surface area contributed by atoms with Gasteiger partial charge in [0.2, 0.25) is 0 Å². The average Bonchev–Trinajstić information content (AvgIpc) is 2.50. The molecule has 0 aromatic heterocycles. The molecule has 0 spiro atoms. The predicted octanol–water partition coefficient (Wildman–Crippen LogP) is -1.81. The van der Waals surface area contributed by atoms with Crippen LogP contribution in [-0.2, 0) is 0 Å². The number of rotatable bonds is 2. The fourth-order valence-corrected chi connectivity index (χ4v) is 1.66. The minimum absolute atomic E-state index is 0.318. The second kappa shape index (κ2) is 4.02. The maximum atomic E-state index is 2.44. The molecule has 1 rings (SSSR count). The zero-order valence-electron chi connectivity index (χ0n) is 9.59. The van der Waals surface area contributed by atoms with E-state index in [1.165, 1.54) is 12.5 Å². The summed E-state index contributed by atoms with van der Waals surface area (Å²) in [5.74, 6) is 4.79. The van der Waals surface area contributed by atoms with E-state index >= 15 is 0 Å². The van der Waals surface area contributed by atoms with Crippen LogP contribution in [0.2, 0.25) is 0 Å². The van der Waals surface area contributed by atoms with Crippen molar-refractivity contribution in [3.8, 4) is 0 Å². The molecule has 0 aliphatic carbocycles. The van der Waals surface area contributed by atoms with Gasteiger partial charge in [-0.25, -0.2) is 0 Å². The van der Waals surface area contributed by atoms with Gasteiger partial charge < -0.3 is 0 Å². The fraction of sp³-hybridized carbons (Fsp3) is 0.571. The van der Waals surface area contributed by atoms with Crippen LogP contribution < -0.4 is 0 Å². The SMILES string of the molecule is BBB(B)B1C=BC(C(C)(C)C)=C1. The van der Waals surface area contributed by atoms with Crippen molar-refractivity contribution < 1.29 is 0 Å². The van der Waals surface area contributed by atoms with Gasteiger partial charge in [-0.2, -0.15) is 0 Å². The van der Waals surface area contributed by atoms with Gasteiger partial charge >= 0.3 is 85.9 Å². The molecule has 6 heteroatoms. The van der Waals surface area contributed by atoms with Crippen molar-refractivity contribution >= 4 is 48.3 Å². The van der Waals surface area contributed by atoms with E-state index < -0.39 is 0 Å². The van der Waals surface area contributed by atoms with Crippen LogP contribution in [0.25, 0.3) is 0 Å². The van der Waals surface area contributed by atoms with Gasteiger partial charge in [-0.1, -0.05) is 0 Å². The van der Waals surface area contributed by atoms with Gasteiger partial charge in [-0.15, -0.1) is 0 Å². The molecule has 0 amide bonds. The Morgan fingerprint density at radius 3 is 2.54 bits per heavy atom. The normalized spacial score (nSPS) is 15.3. The van der Waals surface area contributed by atoms with Crippen LogP contribution in [-0.4, -0.2) is 48.3 Å². The van der Waals surface area contributed by atoms with E-state index in [0.29, 0.717) is 12.0 Å². The van der Waals surface area contributed by atoms with Crippen LogP contribution in [0, 0.1) is 5.41 Å². The summed E-state index contributed by atoms with van der Waals surface area (Å²) < 4.78 is 0. The molecule has 0 atom stereocenters. The number of allylic oxidation sites excluding steroid dienone is 1. The molecule has 0 aromatic carbocycles. The summed E-state index contributed by atoms with van der Waals surface area (Å²) in [4.78, 5) is 0. The summed E-state index contributed by atoms with van der Waals surface area (Å²) in [6, 6.07) is 0. The Morgan fingerprint density at radius 1 is 1.54 bits per heavy atom. The molecule has 0 unspecified atom stereocenters. The van der Waals surface area contributed by atoms with Crippen molar-refractivity contribution in [2.45, 2.75) is 20.8 Å². The molecule has 0 nitrogen and oxygen atoms in total. The van der Waals surface area contributed by atoms with Gasteiger partial charge in [0.05, 0.1) is 0 Å². The minimum atomic E-state index is 0.318. The van der Waals surface area contributed by atoms with Crippen molar-refractivity contribution in [2.24, 2.45) is 5.41 Å². The van der Waals surface area contributed by atoms with E-state index in [1.807, 2.05) is 0 Å². The summed E-state index contributed by atoms with van der Waals surface area (Å²) in [6.07, 6.45) is 0.788. The number of hydrogen-bond donors (Lipinski definition) is 0. The molecule has 1 aliphatic rings. The molecule has 13 heavy (non-hydrogen) atoms. The molecule has 0 aromatic rings. The topological polar surface area (TPSA) is 0 Å². The van der Waals surface area contributed by atoms with Crippen molar-refractivity contribution in [1.29, 1.82) is 0 Å². The van der Waals surface area contributed by atoms with Crippen LogP contribution in [0.1, 0.15) is 20.8 Å². The molecule has 0 saturated heterocycles. The number of hydrogen-bond acceptors (Lipinski definition) is 0. The third-order valence-electron chi connectivity index (χ3n) is 3.04. The summed E-state index contributed by atoms with van der Waals surface area (Å²) in [6.45, 7) is 9.82. The van der Waals surface area contributed by atoms with Gasteiger partial charge in [0.25, 0.3) is 0 Å². The van der Waals surface area contributed by atoms with E-state index in [4.69, 9.17) is 0 Å². The Bertz CT molecular complexity index is 238. The second-order valence-electron chi connectivity index (χ2n) is 5.19. The zero-order valence-corrected chi connectivity index (χ0v) is 9.59. The van der Waals surface area contributed by atoms with Crippen molar-refractivity contribution in [3.05, 3.63) is 11.4 Å². The van der Waals surface area contributed by atoms with Crippen LogP contribution in [0.4, 0.5) is 0 Å². The summed E-state index contributed by atoms with van der Waals surface area (Å²) in [5.41, 5.74) is 1.82. The first-order valence-electron chi connectivity index (χ1n) is 5.35. The maximum absolute atomic E-state index is 2.44. The second-order valence-corrected chi connectivity index (χ2v) is 5.19. The van der Waals surface area contributed by atoms with Crippen molar-refractivity contribution in [2.75, 3.05) is 0 Å². The van der Waals surface area contributed by atoms with E-state index in [0.717, 1.165) is 6.39 Å². The van der Waals surface area contributed by atoms with Crippen molar-refractivity contribution in [3.63, 3.8) is 0 Å². The molecule has 0 bridgehead atoms. The summed E-state index contributed by atoms with van der Waals surface area (Å²) in [7, 11) is 5.86. The van der Waals surface area contributed by atoms with Crippen LogP contribution >= 0.6 is 0 Å². The molecule has 0 fully saturated rings. The molecule has 0 saturated carbocycles. The molecule has 1 heterocycles. The summed E-state index contributed by atoms with van der Waals surface area (Å²) in [5, 5.41) is 0. The van der Waals surface area contributed by atoms with Crippen LogP contribution in [0.15, 0.2) is 11.4 Å². The Kier molecular flexibility index (Phi) is 3.43. The molecular formula is C7H16B6. The van der Waals surface area contributed by atoms with Gasteiger partial charge in [-0.3, -0.25) is 0 Å². The third-order valence-corrected chi connectivity index (χ3v) is 3.04. The van der Waals surface area contributed by atoms with E-state index in [-0.39, 0.29) is 0 Å². The Hall–Kier alpha value is -0.000390. The van der Waals surface area contributed by atoms with Gasteiger partial charge in [0.15, 0.2) is 0 Å². The van der Waals surface area contributed by atoms with E-state index in [1.54, 1.807) is 0 Å². The molecule has 1 aliphatic heterocycles. The van der Waals surface area contributed by atoms with Gasteiger partial charge in [0.1, 0.15) is 0 Å². The van der Waals surface area contributed by atoms with E-state index in [9.17, 15) is 0 Å². The standard InChI is InChI=1S/C7H16B6/c1-7(2,3)6-4-12(5-10-6)13(9)11-8/h4-5,11H,8-9H2,1-3H3. The summed E-state index contributed by atoms with van der Waals surface area (Å²) >= 11 is 0. The first kappa shape index (κ1) is 11.1. The molecular weight excluding hydrogens is 149 g/mol.